The second-order valence-corrected chi connectivity index (χ2v) is 8.30. The zero-order valence-corrected chi connectivity index (χ0v) is 17.4. The van der Waals surface area contributed by atoms with Crippen molar-refractivity contribution >= 4 is 17.6 Å². The summed E-state index contributed by atoms with van der Waals surface area (Å²) >= 11 is 0. The maximum absolute atomic E-state index is 13.3. The Morgan fingerprint density at radius 1 is 1.31 bits per heavy atom. The predicted molar refractivity (Wildman–Crippen MR) is 111 cm³/mol. The minimum Gasteiger partial charge on any atom is -0.310 e. The Hall–Kier alpha value is -2.71. The van der Waals surface area contributed by atoms with Crippen molar-refractivity contribution in [1.82, 2.24) is 25.0 Å². The minimum atomic E-state index is -0.451. The van der Waals surface area contributed by atoms with Crippen molar-refractivity contribution in [3.8, 4) is 0 Å². The van der Waals surface area contributed by atoms with Crippen LogP contribution >= 0.6 is 0 Å². The second kappa shape index (κ2) is 7.27. The molecular formula is C21H28N6O2. The van der Waals surface area contributed by atoms with Gasteiger partial charge in [0.2, 0.25) is 0 Å². The largest absolute Gasteiger partial charge is 0.328 e. The highest BCUT2D eigenvalue weighted by Crippen LogP contribution is 2.31. The number of nitrogens with one attached hydrogen (secondary N) is 1. The Morgan fingerprint density at radius 2 is 2.07 bits per heavy atom. The van der Waals surface area contributed by atoms with Gasteiger partial charge in [-0.15, -0.1) is 0 Å². The molecule has 3 aliphatic heterocycles. The Morgan fingerprint density at radius 3 is 2.76 bits per heavy atom. The molecule has 0 aliphatic carbocycles. The number of carbonyl (C=O) groups is 2. The number of likely N-dealkylation sites (N-methyl/N-ethyl adjacent to an activating group) is 1. The molecule has 154 valence electrons. The molecule has 1 aromatic carbocycles. The quantitative estimate of drug-likeness (QED) is 0.782. The molecule has 3 amide bonds. The fourth-order valence-corrected chi connectivity index (χ4v) is 4.38. The smallest absolute Gasteiger partial charge is 0.310 e. The van der Waals surface area contributed by atoms with Crippen molar-refractivity contribution in [1.29, 1.82) is 0 Å². The maximum atomic E-state index is 13.3. The molecule has 1 aromatic rings. The first kappa shape index (κ1) is 19.6. The highest BCUT2D eigenvalue weighted by Gasteiger charge is 2.56. The van der Waals surface area contributed by atoms with E-state index in [0.717, 1.165) is 16.8 Å². The van der Waals surface area contributed by atoms with Crippen LogP contribution in [0.3, 0.4) is 0 Å². The lowest BCUT2D eigenvalue weighted by atomic mass is 10.1. The Labute approximate surface area is 171 Å². The van der Waals surface area contributed by atoms with E-state index in [9.17, 15) is 9.59 Å². The summed E-state index contributed by atoms with van der Waals surface area (Å²) in [6, 6.07) is 7.58. The van der Waals surface area contributed by atoms with Gasteiger partial charge in [0.1, 0.15) is 12.2 Å². The maximum Gasteiger partial charge on any atom is 0.328 e. The fourth-order valence-electron chi connectivity index (χ4n) is 4.38. The summed E-state index contributed by atoms with van der Waals surface area (Å²) < 4.78 is 0. The van der Waals surface area contributed by atoms with E-state index in [0.29, 0.717) is 13.1 Å². The van der Waals surface area contributed by atoms with Crippen LogP contribution < -0.4 is 5.32 Å². The van der Waals surface area contributed by atoms with Crippen LogP contribution in [0.5, 0.6) is 0 Å². The van der Waals surface area contributed by atoms with Gasteiger partial charge >= 0.3 is 6.03 Å². The number of hydrazone groups is 1. The number of nitrogens with zero attached hydrogens (tertiary/aromatic N) is 5. The molecule has 0 bridgehead atoms. The molecular weight excluding hydrogens is 368 g/mol. The highest BCUT2D eigenvalue weighted by atomic mass is 16.2. The van der Waals surface area contributed by atoms with Gasteiger partial charge in [-0.25, -0.2) is 9.69 Å². The van der Waals surface area contributed by atoms with Crippen molar-refractivity contribution in [2.45, 2.75) is 45.8 Å². The van der Waals surface area contributed by atoms with Crippen molar-refractivity contribution in [2.24, 2.45) is 5.10 Å². The van der Waals surface area contributed by atoms with E-state index in [1.165, 1.54) is 10.5 Å². The molecule has 2 fully saturated rings. The van der Waals surface area contributed by atoms with E-state index in [1.54, 1.807) is 11.9 Å². The van der Waals surface area contributed by atoms with Gasteiger partial charge in [-0.2, -0.15) is 5.10 Å². The third kappa shape index (κ3) is 3.42. The standard InChI is InChI=1S/C21H28N6O2/c1-13(2)10-26-19(28)17-18(24(5)21(26)29)22-20-25(17)11-15(4)23-27(20)12-16-8-6-7-14(3)9-16/h6-9,17-18,20,22H,1,10-12H2,2-5H3. The van der Waals surface area contributed by atoms with Gasteiger partial charge in [0.15, 0.2) is 6.29 Å². The van der Waals surface area contributed by atoms with E-state index in [-0.39, 0.29) is 30.9 Å². The number of urea groups is 1. The molecule has 2 saturated heterocycles. The molecule has 8 heteroatoms. The average molecular weight is 396 g/mol. The van der Waals surface area contributed by atoms with Crippen LogP contribution in [0, 0.1) is 6.92 Å². The van der Waals surface area contributed by atoms with Crippen molar-refractivity contribution in [3.63, 3.8) is 0 Å². The van der Waals surface area contributed by atoms with Gasteiger partial charge < -0.3 is 4.90 Å². The number of fused-ring (bicyclic) bond motifs is 3. The number of amides is 3. The van der Waals surface area contributed by atoms with E-state index < -0.39 is 6.04 Å². The average Bonchev–Trinajstić information content (AvgIpc) is 3.03. The van der Waals surface area contributed by atoms with E-state index in [1.807, 2.05) is 24.9 Å². The number of rotatable bonds is 4. The number of aryl methyl sites for hydroxylation is 1. The molecule has 3 atom stereocenters. The molecule has 1 N–H and O–H groups in total. The Balaban J connectivity index is 1.63. The van der Waals surface area contributed by atoms with Crippen LogP contribution in [-0.2, 0) is 11.3 Å². The summed E-state index contributed by atoms with van der Waals surface area (Å²) in [5.74, 6) is -0.179. The van der Waals surface area contributed by atoms with Gasteiger partial charge in [0, 0.05) is 19.3 Å². The van der Waals surface area contributed by atoms with Gasteiger partial charge in [0.25, 0.3) is 5.91 Å². The Bertz CT molecular complexity index is 897. The number of hydrogen-bond acceptors (Lipinski definition) is 6. The molecule has 3 unspecified atom stereocenters. The van der Waals surface area contributed by atoms with Crippen LogP contribution in [0.15, 0.2) is 41.5 Å². The van der Waals surface area contributed by atoms with Crippen molar-refractivity contribution in [3.05, 3.63) is 47.5 Å². The summed E-state index contributed by atoms with van der Waals surface area (Å²) in [5.41, 5.74) is 4.06. The lowest BCUT2D eigenvalue weighted by Gasteiger charge is -2.42. The third-order valence-corrected chi connectivity index (χ3v) is 5.61. The van der Waals surface area contributed by atoms with Gasteiger partial charge in [-0.3, -0.25) is 20.0 Å². The van der Waals surface area contributed by atoms with Crippen LogP contribution in [0.4, 0.5) is 4.79 Å². The van der Waals surface area contributed by atoms with E-state index in [4.69, 9.17) is 5.10 Å². The lowest BCUT2D eigenvalue weighted by molar-refractivity contribution is -0.138. The van der Waals surface area contributed by atoms with Crippen LogP contribution in [0.25, 0.3) is 0 Å². The lowest BCUT2D eigenvalue weighted by Crippen LogP contribution is -2.66. The first-order chi connectivity index (χ1) is 13.8. The molecule has 3 heterocycles. The zero-order chi connectivity index (χ0) is 20.9. The molecule has 0 radical (unpaired) electrons. The summed E-state index contributed by atoms with van der Waals surface area (Å²) in [6.07, 6.45) is -0.638. The van der Waals surface area contributed by atoms with E-state index in [2.05, 4.69) is 41.9 Å². The minimum absolute atomic E-state index is 0.179. The second-order valence-electron chi connectivity index (χ2n) is 8.30. The zero-order valence-electron chi connectivity index (χ0n) is 17.4. The van der Waals surface area contributed by atoms with E-state index >= 15 is 0 Å². The first-order valence-corrected chi connectivity index (χ1v) is 9.87. The SMILES string of the molecule is C=C(C)CN1C(=O)C2C(NC3N(Cc4cccc(C)c4)N=C(C)CN23)N(C)C1=O. The van der Waals surface area contributed by atoms with Crippen LogP contribution in [0.2, 0.25) is 0 Å². The molecule has 4 rings (SSSR count). The number of imide groups is 1. The molecule has 0 spiro atoms. The summed E-state index contributed by atoms with van der Waals surface area (Å²) in [5, 5.41) is 10.2. The summed E-state index contributed by atoms with van der Waals surface area (Å²) in [6.45, 7) is 11.2. The normalized spacial score (nSPS) is 27.1. The molecule has 8 nitrogen and oxygen atoms in total. The number of benzene rings is 1. The third-order valence-electron chi connectivity index (χ3n) is 5.61. The van der Waals surface area contributed by atoms with Gasteiger partial charge in [0.05, 0.1) is 13.1 Å². The monoisotopic (exact) mass is 396 g/mol. The van der Waals surface area contributed by atoms with Crippen molar-refractivity contribution in [2.75, 3.05) is 20.1 Å². The molecule has 29 heavy (non-hydrogen) atoms. The first-order valence-electron chi connectivity index (χ1n) is 9.87. The molecule has 3 aliphatic rings. The summed E-state index contributed by atoms with van der Waals surface area (Å²) in [7, 11) is 1.74. The highest BCUT2D eigenvalue weighted by molar-refractivity contribution is 6.01. The van der Waals surface area contributed by atoms with Gasteiger partial charge in [-0.05, 0) is 26.3 Å². The fraction of sp³-hybridized carbons (Fsp3) is 0.476. The predicted octanol–water partition coefficient (Wildman–Crippen LogP) is 1.54. The van der Waals surface area contributed by atoms with Crippen LogP contribution in [-0.4, -0.2) is 76.0 Å². The molecule has 0 saturated carbocycles. The molecule has 0 aromatic heterocycles. The van der Waals surface area contributed by atoms with Crippen molar-refractivity contribution < 1.29 is 9.59 Å². The number of hydrogen-bond donors (Lipinski definition) is 1. The number of carbonyl (C=O) groups excluding carboxylic acids is 2. The van der Waals surface area contributed by atoms with Crippen LogP contribution in [0.1, 0.15) is 25.0 Å². The summed E-state index contributed by atoms with van der Waals surface area (Å²) in [4.78, 5) is 31.1. The Kier molecular flexibility index (Phi) is 4.92. The van der Waals surface area contributed by atoms with Gasteiger partial charge in [-0.1, -0.05) is 42.0 Å². The topological polar surface area (TPSA) is 71.5 Å².